The summed E-state index contributed by atoms with van der Waals surface area (Å²) in [7, 11) is 0. The lowest BCUT2D eigenvalue weighted by molar-refractivity contribution is -0.141. The van der Waals surface area contributed by atoms with Crippen LogP contribution in [-0.2, 0) is 11.4 Å². The molecule has 1 atom stereocenters. The van der Waals surface area contributed by atoms with Gasteiger partial charge >= 0.3 is 12.0 Å². The summed E-state index contributed by atoms with van der Waals surface area (Å²) < 4.78 is 5.71. The number of nitrogens with zero attached hydrogens (tertiary/aromatic N) is 2. The Morgan fingerprint density at radius 2 is 2.20 bits per heavy atom. The molecule has 0 aliphatic carbocycles. The topological polar surface area (TPSA) is 91.8 Å². The second kappa shape index (κ2) is 7.65. The van der Waals surface area contributed by atoms with Crippen LogP contribution in [0.5, 0.6) is 5.75 Å². The van der Waals surface area contributed by atoms with E-state index >= 15 is 0 Å². The van der Waals surface area contributed by atoms with Gasteiger partial charge in [-0.2, -0.15) is 0 Å². The molecule has 130 valence electrons. The first-order valence-electron chi connectivity index (χ1n) is 8.02. The number of nitrogens with one attached hydrogen (secondary N) is 1. The van der Waals surface area contributed by atoms with E-state index in [9.17, 15) is 9.59 Å². The van der Waals surface area contributed by atoms with Crippen LogP contribution in [0.3, 0.4) is 0 Å². The number of ether oxygens (including phenoxy) is 1. The summed E-state index contributed by atoms with van der Waals surface area (Å²) in [6, 6.07) is 10.6. The minimum Gasteiger partial charge on any atom is -0.489 e. The zero-order valence-corrected chi connectivity index (χ0v) is 13.6. The molecule has 0 bridgehead atoms. The predicted octanol–water partition coefficient (Wildman–Crippen LogP) is 2.60. The number of rotatable bonds is 5. The maximum absolute atomic E-state index is 12.2. The molecule has 0 spiro atoms. The lowest BCUT2D eigenvalue weighted by Crippen LogP contribution is -2.33. The van der Waals surface area contributed by atoms with Crippen molar-refractivity contribution in [2.24, 2.45) is 5.92 Å². The minimum absolute atomic E-state index is 0.234. The van der Waals surface area contributed by atoms with Gasteiger partial charge in [0.1, 0.15) is 12.4 Å². The van der Waals surface area contributed by atoms with Crippen molar-refractivity contribution in [3.63, 3.8) is 0 Å². The zero-order chi connectivity index (χ0) is 17.6. The van der Waals surface area contributed by atoms with Crippen LogP contribution in [0.4, 0.5) is 10.5 Å². The van der Waals surface area contributed by atoms with Crippen LogP contribution in [0.2, 0.25) is 0 Å². The second-order valence-electron chi connectivity index (χ2n) is 5.88. The largest absolute Gasteiger partial charge is 0.489 e. The highest BCUT2D eigenvalue weighted by molar-refractivity contribution is 5.90. The summed E-state index contributed by atoms with van der Waals surface area (Å²) in [6.45, 7) is 1.07. The summed E-state index contributed by atoms with van der Waals surface area (Å²) in [5.41, 5.74) is 1.56. The standard InChI is InChI=1S/C18H19N3O4/c22-17(23)14-6-8-21(11-14)18(24)20-15-4-1-5-16(9-15)25-12-13-3-2-7-19-10-13/h1-5,7,9-10,14H,6,8,11-12H2,(H,20,24)(H,22,23). The highest BCUT2D eigenvalue weighted by Gasteiger charge is 2.30. The van der Waals surface area contributed by atoms with Gasteiger partial charge in [-0.15, -0.1) is 0 Å². The number of benzene rings is 1. The number of urea groups is 1. The van der Waals surface area contributed by atoms with Gasteiger partial charge in [-0.25, -0.2) is 4.79 Å². The summed E-state index contributed by atoms with van der Waals surface area (Å²) in [6.07, 6.45) is 3.92. The molecule has 7 nitrogen and oxygen atoms in total. The van der Waals surface area contributed by atoms with Crippen LogP contribution in [0.15, 0.2) is 48.8 Å². The third-order valence-corrected chi connectivity index (χ3v) is 4.04. The van der Waals surface area contributed by atoms with Crippen molar-refractivity contribution in [1.29, 1.82) is 0 Å². The Morgan fingerprint density at radius 3 is 2.92 bits per heavy atom. The molecule has 1 aromatic carbocycles. The maximum Gasteiger partial charge on any atom is 0.321 e. The van der Waals surface area contributed by atoms with Crippen molar-refractivity contribution in [2.45, 2.75) is 13.0 Å². The average molecular weight is 341 g/mol. The second-order valence-corrected chi connectivity index (χ2v) is 5.88. The Kier molecular flexibility index (Phi) is 5.13. The van der Waals surface area contributed by atoms with Crippen LogP contribution < -0.4 is 10.1 Å². The average Bonchev–Trinajstić information content (AvgIpc) is 3.12. The smallest absolute Gasteiger partial charge is 0.321 e. The first-order chi connectivity index (χ1) is 12.1. The Balaban J connectivity index is 1.56. The van der Waals surface area contributed by atoms with Gasteiger partial charge in [-0.3, -0.25) is 9.78 Å². The van der Waals surface area contributed by atoms with Crippen molar-refractivity contribution in [3.05, 3.63) is 54.4 Å². The fraction of sp³-hybridized carbons (Fsp3) is 0.278. The zero-order valence-electron chi connectivity index (χ0n) is 13.6. The molecule has 2 aromatic rings. The molecule has 1 aliphatic heterocycles. The van der Waals surface area contributed by atoms with Gasteiger partial charge in [0, 0.05) is 42.8 Å². The monoisotopic (exact) mass is 341 g/mol. The van der Waals surface area contributed by atoms with Gasteiger partial charge in [0.15, 0.2) is 0 Å². The van der Waals surface area contributed by atoms with Gasteiger partial charge in [0.2, 0.25) is 0 Å². The van der Waals surface area contributed by atoms with E-state index in [-0.39, 0.29) is 12.6 Å². The van der Waals surface area contributed by atoms with Crippen LogP contribution in [0, 0.1) is 5.92 Å². The lowest BCUT2D eigenvalue weighted by Gasteiger charge is -2.17. The van der Waals surface area contributed by atoms with Gasteiger partial charge in [-0.05, 0) is 24.6 Å². The van der Waals surface area contributed by atoms with Crippen molar-refractivity contribution < 1.29 is 19.4 Å². The molecular weight excluding hydrogens is 322 g/mol. The van der Waals surface area contributed by atoms with E-state index in [1.807, 2.05) is 18.2 Å². The number of hydrogen-bond donors (Lipinski definition) is 2. The van der Waals surface area contributed by atoms with E-state index in [4.69, 9.17) is 9.84 Å². The Labute approximate surface area is 145 Å². The highest BCUT2D eigenvalue weighted by atomic mass is 16.5. The number of pyridine rings is 1. The number of amides is 2. The van der Waals surface area contributed by atoms with Gasteiger partial charge in [-0.1, -0.05) is 12.1 Å². The van der Waals surface area contributed by atoms with Gasteiger partial charge in [0.25, 0.3) is 0 Å². The summed E-state index contributed by atoms with van der Waals surface area (Å²) in [5, 5.41) is 11.8. The highest BCUT2D eigenvalue weighted by Crippen LogP contribution is 2.21. The Bertz CT molecular complexity index is 751. The molecule has 1 aromatic heterocycles. The molecule has 25 heavy (non-hydrogen) atoms. The molecule has 0 saturated carbocycles. The van der Waals surface area contributed by atoms with Crippen LogP contribution >= 0.6 is 0 Å². The number of likely N-dealkylation sites (tertiary alicyclic amines) is 1. The molecule has 3 rings (SSSR count). The molecule has 0 radical (unpaired) electrons. The number of hydrogen-bond acceptors (Lipinski definition) is 4. The molecule has 2 N–H and O–H groups in total. The van der Waals surface area contributed by atoms with Gasteiger partial charge in [0.05, 0.1) is 5.92 Å². The van der Waals surface area contributed by atoms with E-state index in [1.165, 1.54) is 4.90 Å². The fourth-order valence-corrected chi connectivity index (χ4v) is 2.66. The normalized spacial score (nSPS) is 16.5. The van der Waals surface area contributed by atoms with E-state index in [0.717, 1.165) is 5.56 Å². The molecule has 1 fully saturated rings. The SMILES string of the molecule is O=C(O)C1CCN(C(=O)Nc2cccc(OCc3cccnc3)c2)C1. The Hall–Kier alpha value is -3.09. The van der Waals surface area contributed by atoms with Gasteiger partial charge < -0.3 is 20.1 Å². The van der Waals surface area contributed by atoms with Crippen LogP contribution in [-0.4, -0.2) is 40.1 Å². The number of aromatic nitrogens is 1. The summed E-state index contributed by atoms with van der Waals surface area (Å²) in [5.74, 6) is -0.715. The third kappa shape index (κ3) is 4.47. The fourth-order valence-electron chi connectivity index (χ4n) is 2.66. The number of aliphatic carboxylic acids is 1. The first-order valence-corrected chi connectivity index (χ1v) is 8.02. The maximum atomic E-state index is 12.2. The lowest BCUT2D eigenvalue weighted by atomic mass is 10.1. The molecule has 1 aliphatic rings. The molecule has 1 saturated heterocycles. The molecular formula is C18H19N3O4. The van der Waals surface area contributed by atoms with Crippen molar-refractivity contribution in [2.75, 3.05) is 18.4 Å². The number of carboxylic acid groups (broad SMARTS) is 1. The number of carboxylic acids is 1. The van der Waals surface area contributed by atoms with E-state index in [1.54, 1.807) is 30.6 Å². The third-order valence-electron chi connectivity index (χ3n) is 4.04. The number of carbonyl (C=O) groups excluding carboxylic acids is 1. The molecule has 1 unspecified atom stereocenters. The number of carbonyl (C=O) groups is 2. The first kappa shape index (κ1) is 16.8. The number of anilines is 1. The van der Waals surface area contributed by atoms with Crippen molar-refractivity contribution in [3.8, 4) is 5.75 Å². The Morgan fingerprint density at radius 1 is 1.32 bits per heavy atom. The van der Waals surface area contributed by atoms with Crippen molar-refractivity contribution >= 4 is 17.7 Å². The summed E-state index contributed by atoms with van der Waals surface area (Å²) in [4.78, 5) is 28.8. The summed E-state index contributed by atoms with van der Waals surface area (Å²) >= 11 is 0. The molecule has 2 heterocycles. The van der Waals surface area contributed by atoms with Crippen molar-refractivity contribution in [1.82, 2.24) is 9.88 Å². The van der Waals surface area contributed by atoms with Crippen LogP contribution in [0.1, 0.15) is 12.0 Å². The van der Waals surface area contributed by atoms with Crippen LogP contribution in [0.25, 0.3) is 0 Å². The molecule has 2 amide bonds. The minimum atomic E-state index is -0.860. The van der Waals surface area contributed by atoms with E-state index < -0.39 is 11.9 Å². The van der Waals surface area contributed by atoms with E-state index in [2.05, 4.69) is 10.3 Å². The molecule has 7 heteroatoms. The predicted molar refractivity (Wildman–Crippen MR) is 91.3 cm³/mol. The van der Waals surface area contributed by atoms with E-state index in [0.29, 0.717) is 31.0 Å². The quantitative estimate of drug-likeness (QED) is 0.872.